The second kappa shape index (κ2) is 6.69. The maximum atomic E-state index is 13.9. The summed E-state index contributed by atoms with van der Waals surface area (Å²) in [4.78, 5) is 4.14. The highest BCUT2D eigenvalue weighted by Gasteiger charge is 2.14. The molecular formula is C16H13FN4O2. The van der Waals surface area contributed by atoms with Crippen LogP contribution in [0.15, 0.2) is 58.2 Å². The fraction of sp³-hybridized carbons (Fsp3) is 0.0625. The maximum Gasteiger partial charge on any atom is 0.264 e. The molecule has 0 aliphatic heterocycles. The summed E-state index contributed by atoms with van der Waals surface area (Å²) in [5.74, 6) is 5.70. The summed E-state index contributed by atoms with van der Waals surface area (Å²) in [6.45, 7) is 0.0998. The van der Waals surface area contributed by atoms with Crippen LogP contribution in [0.1, 0.15) is 11.5 Å². The number of hydrogen-bond donors (Lipinski definition) is 1. The minimum absolute atomic E-state index is 0.0998. The van der Waals surface area contributed by atoms with Crippen molar-refractivity contribution in [2.75, 3.05) is 0 Å². The highest BCUT2D eigenvalue weighted by atomic mass is 19.1. The smallest absolute Gasteiger partial charge is 0.264 e. The standard InChI is InChI=1S/C16H13FN4O2/c17-14-7-6-11(9-19-18)8-13(14)16-20-15(23-21-16)10-22-12-4-2-1-3-5-12/h1-9H,10,18H2. The van der Waals surface area contributed by atoms with Crippen LogP contribution in [0, 0.1) is 5.82 Å². The molecule has 0 atom stereocenters. The number of para-hydroxylation sites is 1. The summed E-state index contributed by atoms with van der Waals surface area (Å²) in [6, 6.07) is 13.6. The summed E-state index contributed by atoms with van der Waals surface area (Å²) in [6.07, 6.45) is 1.41. The van der Waals surface area contributed by atoms with Gasteiger partial charge in [0.25, 0.3) is 5.89 Å². The lowest BCUT2D eigenvalue weighted by Gasteiger charge is -2.01. The average molecular weight is 312 g/mol. The number of nitrogens with two attached hydrogens (primary N) is 1. The molecule has 0 aliphatic rings. The molecular weight excluding hydrogens is 299 g/mol. The van der Waals surface area contributed by atoms with Gasteiger partial charge in [-0.1, -0.05) is 29.4 Å². The molecule has 0 radical (unpaired) electrons. The molecule has 7 heteroatoms. The predicted octanol–water partition coefficient (Wildman–Crippen LogP) is 2.75. The number of hydrogen-bond acceptors (Lipinski definition) is 6. The van der Waals surface area contributed by atoms with Crippen molar-refractivity contribution in [3.8, 4) is 17.1 Å². The second-order valence-electron chi connectivity index (χ2n) is 4.63. The van der Waals surface area contributed by atoms with Crippen molar-refractivity contribution >= 4 is 6.21 Å². The molecule has 1 aromatic heterocycles. The van der Waals surface area contributed by atoms with Gasteiger partial charge in [-0.2, -0.15) is 10.1 Å². The number of halogens is 1. The third kappa shape index (κ3) is 3.52. The summed E-state index contributed by atoms with van der Waals surface area (Å²) in [5.41, 5.74) is 0.841. The van der Waals surface area contributed by atoms with Crippen molar-refractivity contribution in [1.82, 2.24) is 10.1 Å². The fourth-order valence-corrected chi connectivity index (χ4v) is 1.97. The van der Waals surface area contributed by atoms with Gasteiger partial charge in [-0.15, -0.1) is 0 Å². The van der Waals surface area contributed by atoms with Crippen molar-refractivity contribution < 1.29 is 13.7 Å². The quantitative estimate of drug-likeness (QED) is 0.445. The largest absolute Gasteiger partial charge is 0.484 e. The van der Waals surface area contributed by atoms with E-state index >= 15 is 0 Å². The first-order valence-electron chi connectivity index (χ1n) is 6.80. The molecule has 6 nitrogen and oxygen atoms in total. The van der Waals surface area contributed by atoms with E-state index in [1.165, 1.54) is 12.3 Å². The molecule has 0 amide bonds. The Labute approximate surface area is 131 Å². The molecule has 2 N–H and O–H groups in total. The minimum atomic E-state index is -0.463. The first-order chi connectivity index (χ1) is 11.3. The zero-order valence-electron chi connectivity index (χ0n) is 12.0. The third-order valence-corrected chi connectivity index (χ3v) is 3.03. The van der Waals surface area contributed by atoms with Crippen LogP contribution in [0.25, 0.3) is 11.4 Å². The van der Waals surface area contributed by atoms with E-state index in [1.807, 2.05) is 30.3 Å². The third-order valence-electron chi connectivity index (χ3n) is 3.03. The van der Waals surface area contributed by atoms with Crippen molar-refractivity contribution in [2.45, 2.75) is 6.61 Å². The Bertz CT molecular complexity index is 818. The fourth-order valence-electron chi connectivity index (χ4n) is 1.97. The van der Waals surface area contributed by atoms with Gasteiger partial charge >= 0.3 is 0 Å². The lowest BCUT2D eigenvalue weighted by atomic mass is 10.1. The van der Waals surface area contributed by atoms with Crippen LogP contribution in [0.3, 0.4) is 0 Å². The lowest BCUT2D eigenvalue weighted by molar-refractivity contribution is 0.243. The van der Waals surface area contributed by atoms with E-state index in [2.05, 4.69) is 15.2 Å². The average Bonchev–Trinajstić information content (AvgIpc) is 3.05. The normalized spacial score (nSPS) is 11.0. The number of hydrazone groups is 1. The molecule has 0 spiro atoms. The lowest BCUT2D eigenvalue weighted by Crippen LogP contribution is -1.96. The Morgan fingerprint density at radius 2 is 2.04 bits per heavy atom. The molecule has 0 saturated carbocycles. The molecule has 0 saturated heterocycles. The summed E-state index contributed by atoms with van der Waals surface area (Å²) in [7, 11) is 0. The molecule has 23 heavy (non-hydrogen) atoms. The zero-order chi connectivity index (χ0) is 16.1. The van der Waals surface area contributed by atoms with Gasteiger partial charge in [-0.3, -0.25) is 0 Å². The minimum Gasteiger partial charge on any atom is -0.484 e. The monoisotopic (exact) mass is 312 g/mol. The van der Waals surface area contributed by atoms with Crippen molar-refractivity contribution in [2.24, 2.45) is 10.9 Å². The Morgan fingerprint density at radius 1 is 1.22 bits per heavy atom. The van der Waals surface area contributed by atoms with Crippen molar-refractivity contribution in [1.29, 1.82) is 0 Å². The number of rotatable bonds is 5. The van der Waals surface area contributed by atoms with Crippen molar-refractivity contribution in [3.05, 3.63) is 65.8 Å². The maximum absolute atomic E-state index is 13.9. The van der Waals surface area contributed by atoms with Gasteiger partial charge in [-0.05, 0) is 29.8 Å². The number of aromatic nitrogens is 2. The first-order valence-corrected chi connectivity index (χ1v) is 6.80. The number of ether oxygens (including phenoxy) is 1. The highest BCUT2D eigenvalue weighted by Crippen LogP contribution is 2.21. The summed E-state index contributed by atoms with van der Waals surface area (Å²) >= 11 is 0. The number of nitrogens with zero attached hydrogens (tertiary/aromatic N) is 3. The Kier molecular flexibility index (Phi) is 4.28. The Hall–Kier alpha value is -3.22. The molecule has 1 heterocycles. The van der Waals surface area contributed by atoms with E-state index in [9.17, 15) is 4.39 Å². The van der Waals surface area contributed by atoms with Gasteiger partial charge in [0.15, 0.2) is 6.61 Å². The molecule has 3 rings (SSSR count). The molecule has 0 aliphatic carbocycles. The van der Waals surface area contributed by atoms with Gasteiger partial charge in [0, 0.05) is 0 Å². The highest BCUT2D eigenvalue weighted by molar-refractivity contribution is 5.81. The van der Waals surface area contributed by atoms with E-state index in [-0.39, 0.29) is 23.9 Å². The zero-order valence-corrected chi connectivity index (χ0v) is 12.0. The van der Waals surface area contributed by atoms with E-state index in [0.717, 1.165) is 0 Å². The SMILES string of the molecule is NN=Cc1ccc(F)c(-c2noc(COc3ccccc3)n2)c1. The molecule has 0 unspecified atom stereocenters. The molecule has 2 aromatic carbocycles. The van der Waals surface area contributed by atoms with Gasteiger partial charge < -0.3 is 15.1 Å². The van der Waals surface area contributed by atoms with Gasteiger partial charge in [0.1, 0.15) is 11.6 Å². The van der Waals surface area contributed by atoms with E-state index in [4.69, 9.17) is 15.1 Å². The number of benzene rings is 2. The second-order valence-corrected chi connectivity index (χ2v) is 4.63. The Morgan fingerprint density at radius 3 is 2.83 bits per heavy atom. The molecule has 3 aromatic rings. The summed E-state index contributed by atoms with van der Waals surface area (Å²) < 4.78 is 24.5. The first kappa shape index (κ1) is 14.7. The molecule has 0 fully saturated rings. The molecule has 116 valence electrons. The molecule has 0 bridgehead atoms. The van der Waals surface area contributed by atoms with Crippen molar-refractivity contribution in [3.63, 3.8) is 0 Å². The van der Waals surface area contributed by atoms with Crippen LogP contribution < -0.4 is 10.6 Å². The summed E-state index contributed by atoms with van der Waals surface area (Å²) in [5, 5.41) is 7.19. The van der Waals surface area contributed by atoms with Gasteiger partial charge in [0.2, 0.25) is 5.82 Å². The van der Waals surface area contributed by atoms with E-state index in [1.54, 1.807) is 12.1 Å². The van der Waals surface area contributed by atoms with Gasteiger partial charge in [0.05, 0.1) is 11.8 Å². The van der Waals surface area contributed by atoms with Crippen LogP contribution in [0.2, 0.25) is 0 Å². The van der Waals surface area contributed by atoms with Crippen LogP contribution in [0.4, 0.5) is 4.39 Å². The van der Waals surface area contributed by atoms with Crippen LogP contribution in [-0.2, 0) is 6.61 Å². The van der Waals surface area contributed by atoms with Gasteiger partial charge in [-0.25, -0.2) is 4.39 Å². The van der Waals surface area contributed by atoms with E-state index in [0.29, 0.717) is 11.3 Å². The van der Waals surface area contributed by atoms with E-state index < -0.39 is 5.82 Å². The van der Waals surface area contributed by atoms with Crippen LogP contribution in [-0.4, -0.2) is 16.4 Å². The van der Waals surface area contributed by atoms with Crippen LogP contribution in [0.5, 0.6) is 5.75 Å². The predicted molar refractivity (Wildman–Crippen MR) is 82.2 cm³/mol. The Balaban J connectivity index is 1.78. The van der Waals surface area contributed by atoms with Crippen LogP contribution >= 0.6 is 0 Å². The topological polar surface area (TPSA) is 86.5 Å².